The topological polar surface area (TPSA) is 26.3 Å². The Labute approximate surface area is 70.4 Å². The number of ether oxygens (including phenoxy) is 1. The van der Waals surface area contributed by atoms with Crippen molar-refractivity contribution in [3.05, 3.63) is 23.8 Å². The summed E-state index contributed by atoms with van der Waals surface area (Å²) in [6.07, 6.45) is 2.21. The molecule has 0 spiro atoms. The second-order valence-electron chi connectivity index (χ2n) is 2.23. The van der Waals surface area contributed by atoms with Crippen LogP contribution in [0.1, 0.15) is 13.8 Å². The van der Waals surface area contributed by atoms with Gasteiger partial charge in [-0.1, -0.05) is 12.7 Å². The lowest BCUT2D eigenvalue weighted by atomic mass is 10.1. The first-order valence-corrected chi connectivity index (χ1v) is 5.02. The molecule has 11 heavy (non-hydrogen) atoms. The molecular formula is C8H14O2Si. The Balaban J connectivity index is 4.33. The van der Waals surface area contributed by atoms with E-state index in [0.717, 1.165) is 15.8 Å². The summed E-state index contributed by atoms with van der Waals surface area (Å²) in [5.41, 5.74) is 1.53. The van der Waals surface area contributed by atoms with Crippen LogP contribution in [0.5, 0.6) is 0 Å². The molecule has 0 rings (SSSR count). The third-order valence-electron chi connectivity index (χ3n) is 1.48. The van der Waals surface area contributed by atoms with E-state index >= 15 is 0 Å². The average molecular weight is 170 g/mol. The van der Waals surface area contributed by atoms with Crippen LogP contribution in [0.25, 0.3) is 0 Å². The maximum atomic E-state index is 11.0. The van der Waals surface area contributed by atoms with Gasteiger partial charge in [-0.25, -0.2) is 4.79 Å². The van der Waals surface area contributed by atoms with Gasteiger partial charge < -0.3 is 4.74 Å². The van der Waals surface area contributed by atoms with Gasteiger partial charge in [0.1, 0.15) is 0 Å². The molecule has 0 heterocycles. The van der Waals surface area contributed by atoms with E-state index < -0.39 is 0 Å². The van der Waals surface area contributed by atoms with E-state index in [1.54, 1.807) is 13.0 Å². The van der Waals surface area contributed by atoms with Crippen LogP contribution in [0.4, 0.5) is 0 Å². The molecule has 0 amide bonds. The summed E-state index contributed by atoms with van der Waals surface area (Å²) in [6, 6.07) is 0. The predicted molar refractivity (Wildman–Crippen MR) is 49.5 cm³/mol. The largest absolute Gasteiger partial charge is 0.467 e. The Morgan fingerprint density at radius 1 is 1.64 bits per heavy atom. The van der Waals surface area contributed by atoms with Gasteiger partial charge in [0.25, 0.3) is 0 Å². The Morgan fingerprint density at radius 2 is 2.18 bits per heavy atom. The Bertz CT molecular complexity index is 194. The van der Waals surface area contributed by atoms with E-state index in [2.05, 4.69) is 6.58 Å². The summed E-state index contributed by atoms with van der Waals surface area (Å²) in [5.74, 6) is -0.225. The Hall–Kier alpha value is -0.833. The lowest BCUT2D eigenvalue weighted by Gasteiger charge is -2.02. The molecule has 2 nitrogen and oxygen atoms in total. The first-order chi connectivity index (χ1) is 5.13. The van der Waals surface area contributed by atoms with Crippen LogP contribution in [0.2, 0.25) is 0 Å². The first-order valence-electron chi connectivity index (χ1n) is 3.60. The molecule has 0 aliphatic carbocycles. The van der Waals surface area contributed by atoms with Gasteiger partial charge in [0.05, 0.1) is 16.5 Å². The van der Waals surface area contributed by atoms with Crippen LogP contribution in [-0.4, -0.2) is 22.4 Å². The minimum atomic E-state index is -0.225. The SMILES string of the molecule is C=CC(C)=C(C)C(=O)OC[SiH3]. The summed E-state index contributed by atoms with van der Waals surface area (Å²) < 4.78 is 4.84. The second kappa shape index (κ2) is 4.90. The highest BCUT2D eigenvalue weighted by Crippen LogP contribution is 2.05. The lowest BCUT2D eigenvalue weighted by Crippen LogP contribution is -2.07. The van der Waals surface area contributed by atoms with Crippen molar-refractivity contribution in [3.63, 3.8) is 0 Å². The molecule has 62 valence electrons. The number of rotatable bonds is 3. The van der Waals surface area contributed by atoms with E-state index in [4.69, 9.17) is 4.74 Å². The molecule has 0 saturated heterocycles. The van der Waals surface area contributed by atoms with Crippen molar-refractivity contribution in [2.24, 2.45) is 0 Å². The third-order valence-corrected chi connectivity index (χ3v) is 1.77. The van der Waals surface area contributed by atoms with Crippen molar-refractivity contribution >= 4 is 16.2 Å². The maximum absolute atomic E-state index is 11.0. The zero-order chi connectivity index (χ0) is 8.85. The maximum Gasteiger partial charge on any atom is 0.333 e. The summed E-state index contributed by atoms with van der Waals surface area (Å²) in [5, 5.41) is 0. The van der Waals surface area contributed by atoms with Crippen molar-refractivity contribution < 1.29 is 9.53 Å². The third kappa shape index (κ3) is 3.18. The molecule has 0 bridgehead atoms. The fourth-order valence-electron chi connectivity index (χ4n) is 0.553. The van der Waals surface area contributed by atoms with Gasteiger partial charge in [-0.2, -0.15) is 0 Å². The lowest BCUT2D eigenvalue weighted by molar-refractivity contribution is -0.137. The molecule has 0 saturated carbocycles. The summed E-state index contributed by atoms with van der Waals surface area (Å²) in [7, 11) is 0.889. The molecule has 0 aromatic rings. The molecule has 0 aliphatic rings. The number of esters is 1. The fourth-order valence-corrected chi connectivity index (χ4v) is 0.816. The summed E-state index contributed by atoms with van der Waals surface area (Å²) in [4.78, 5) is 11.0. The zero-order valence-corrected chi connectivity index (χ0v) is 9.31. The number of hydrogen-bond donors (Lipinski definition) is 0. The van der Waals surface area contributed by atoms with Crippen molar-refractivity contribution in [2.75, 3.05) is 6.23 Å². The van der Waals surface area contributed by atoms with E-state index in [0.29, 0.717) is 11.8 Å². The van der Waals surface area contributed by atoms with Crippen molar-refractivity contribution in [2.45, 2.75) is 13.8 Å². The predicted octanol–water partition coefficient (Wildman–Crippen LogP) is 0.375. The highest BCUT2D eigenvalue weighted by Gasteiger charge is 2.05. The van der Waals surface area contributed by atoms with Crippen LogP contribution in [0.15, 0.2) is 23.8 Å². The number of allylic oxidation sites excluding steroid dienone is 2. The quantitative estimate of drug-likeness (QED) is 0.265. The van der Waals surface area contributed by atoms with Crippen LogP contribution in [-0.2, 0) is 9.53 Å². The molecule has 0 aromatic heterocycles. The summed E-state index contributed by atoms with van der Waals surface area (Å²) >= 11 is 0. The molecule has 0 aromatic carbocycles. The smallest absolute Gasteiger partial charge is 0.333 e. The van der Waals surface area contributed by atoms with Crippen LogP contribution >= 0.6 is 0 Å². The second-order valence-corrected chi connectivity index (χ2v) is 2.81. The summed E-state index contributed by atoms with van der Waals surface area (Å²) in [6.45, 7) is 7.16. The number of hydrogen-bond acceptors (Lipinski definition) is 2. The Morgan fingerprint density at radius 3 is 2.55 bits per heavy atom. The molecule has 0 radical (unpaired) electrons. The fraction of sp³-hybridized carbons (Fsp3) is 0.375. The normalized spacial score (nSPS) is 12.2. The van der Waals surface area contributed by atoms with Gasteiger partial charge in [-0.15, -0.1) is 0 Å². The van der Waals surface area contributed by atoms with Crippen LogP contribution in [0, 0.1) is 0 Å². The highest BCUT2D eigenvalue weighted by molar-refractivity contribution is 6.09. The van der Waals surface area contributed by atoms with Crippen molar-refractivity contribution in [3.8, 4) is 0 Å². The Kier molecular flexibility index (Phi) is 4.53. The monoisotopic (exact) mass is 170 g/mol. The van der Waals surface area contributed by atoms with Gasteiger partial charge in [0.15, 0.2) is 0 Å². The minimum absolute atomic E-state index is 0.225. The molecule has 0 atom stereocenters. The zero-order valence-electron chi connectivity index (χ0n) is 7.31. The minimum Gasteiger partial charge on any atom is -0.467 e. The molecular weight excluding hydrogens is 156 g/mol. The standard InChI is InChI=1S/C8H14O2Si/c1-4-6(2)7(3)8(9)10-5-11/h4H,1,5H2,2-3,11H3. The van der Waals surface area contributed by atoms with Crippen molar-refractivity contribution in [1.29, 1.82) is 0 Å². The van der Waals surface area contributed by atoms with Crippen LogP contribution in [0.3, 0.4) is 0 Å². The van der Waals surface area contributed by atoms with Gasteiger partial charge in [0.2, 0.25) is 0 Å². The molecule has 0 fully saturated rings. The molecule has 0 aliphatic heterocycles. The van der Waals surface area contributed by atoms with Gasteiger partial charge >= 0.3 is 5.97 Å². The van der Waals surface area contributed by atoms with Gasteiger partial charge in [-0.3, -0.25) is 0 Å². The average Bonchev–Trinajstić information content (AvgIpc) is 2.02. The molecule has 3 heteroatoms. The van der Waals surface area contributed by atoms with E-state index in [1.807, 2.05) is 6.92 Å². The molecule has 0 N–H and O–H groups in total. The van der Waals surface area contributed by atoms with Gasteiger partial charge in [-0.05, 0) is 19.4 Å². The van der Waals surface area contributed by atoms with Crippen molar-refractivity contribution in [1.82, 2.24) is 0 Å². The number of carbonyl (C=O) groups excluding carboxylic acids is 1. The first kappa shape index (κ1) is 10.2. The van der Waals surface area contributed by atoms with E-state index in [9.17, 15) is 4.79 Å². The number of carbonyl (C=O) groups is 1. The van der Waals surface area contributed by atoms with E-state index in [-0.39, 0.29) is 5.97 Å². The highest BCUT2D eigenvalue weighted by atomic mass is 28.1. The van der Waals surface area contributed by atoms with E-state index in [1.165, 1.54) is 0 Å². The molecule has 0 unspecified atom stereocenters. The van der Waals surface area contributed by atoms with Crippen LogP contribution < -0.4 is 0 Å². The van der Waals surface area contributed by atoms with Gasteiger partial charge in [0, 0.05) is 5.57 Å².